The van der Waals surface area contributed by atoms with Gasteiger partial charge in [0.1, 0.15) is 11.5 Å². The van der Waals surface area contributed by atoms with Gasteiger partial charge in [-0.2, -0.15) is 0 Å². The van der Waals surface area contributed by atoms with E-state index in [-0.39, 0.29) is 50.3 Å². The summed E-state index contributed by atoms with van der Waals surface area (Å²) in [4.78, 5) is 35.8. The maximum atomic E-state index is 12.2. The van der Waals surface area contributed by atoms with Gasteiger partial charge < -0.3 is 10.2 Å². The molecule has 5 heteroatoms. The largest absolute Gasteiger partial charge is 0.507 e. The summed E-state index contributed by atoms with van der Waals surface area (Å²) in [5, 5.41) is 21.0. The maximum absolute atomic E-state index is 12.2. The van der Waals surface area contributed by atoms with Gasteiger partial charge in [0.2, 0.25) is 0 Å². The summed E-state index contributed by atoms with van der Waals surface area (Å²) >= 11 is 0. The van der Waals surface area contributed by atoms with Crippen molar-refractivity contribution in [3.8, 4) is 11.5 Å². The topological polar surface area (TPSA) is 91.7 Å². The van der Waals surface area contributed by atoms with Crippen LogP contribution in [0.25, 0.3) is 10.8 Å². The van der Waals surface area contributed by atoms with E-state index >= 15 is 0 Å². The van der Waals surface area contributed by atoms with Crippen molar-refractivity contribution >= 4 is 28.1 Å². The van der Waals surface area contributed by atoms with Gasteiger partial charge in [-0.3, -0.25) is 14.4 Å². The fourth-order valence-electron chi connectivity index (χ4n) is 2.89. The Bertz CT molecular complexity index is 919. The van der Waals surface area contributed by atoms with Crippen LogP contribution in [0.5, 0.6) is 11.5 Å². The smallest absolute Gasteiger partial charge is 0.187 e. The number of phenolic OH excluding ortho intramolecular Hbond substituents is 2. The van der Waals surface area contributed by atoms with Gasteiger partial charge in [-0.1, -0.05) is 0 Å². The predicted octanol–water partition coefficient (Wildman–Crippen LogP) is 2.70. The first kappa shape index (κ1) is 14.0. The Kier molecular flexibility index (Phi) is 2.88. The Hall–Kier alpha value is -2.95. The maximum Gasteiger partial charge on any atom is 0.187 e. The van der Waals surface area contributed by atoms with Gasteiger partial charge in [0.05, 0.1) is 5.56 Å². The minimum atomic E-state index is -0.451. The summed E-state index contributed by atoms with van der Waals surface area (Å²) in [6.45, 7) is 2.77. The summed E-state index contributed by atoms with van der Waals surface area (Å²) in [5.41, 5.74) is 0.351. The van der Waals surface area contributed by atoms with Crippen molar-refractivity contribution in [2.24, 2.45) is 0 Å². The average molecular weight is 296 g/mol. The zero-order valence-corrected chi connectivity index (χ0v) is 11.9. The van der Waals surface area contributed by atoms with Crippen molar-refractivity contribution in [1.82, 2.24) is 0 Å². The average Bonchev–Trinajstić information content (AvgIpc) is 2.47. The molecule has 0 amide bonds. The number of ketones is 3. The number of hydrogen-bond donors (Lipinski definition) is 2. The molecule has 0 fully saturated rings. The molecule has 0 heterocycles. The summed E-state index contributed by atoms with van der Waals surface area (Å²) < 4.78 is 0. The van der Waals surface area contributed by atoms with Crippen molar-refractivity contribution in [2.45, 2.75) is 13.8 Å². The Balaban J connectivity index is 2.59. The second-order valence-corrected chi connectivity index (χ2v) is 5.23. The molecule has 2 aromatic carbocycles. The van der Waals surface area contributed by atoms with Crippen LogP contribution in [0.1, 0.15) is 43.6 Å². The second kappa shape index (κ2) is 4.53. The molecule has 0 saturated heterocycles. The van der Waals surface area contributed by atoms with Crippen LogP contribution in [0, 0.1) is 6.92 Å². The number of carbonyl (C=O) groups is 3. The lowest BCUT2D eigenvalue weighted by atomic mass is 9.86. The van der Waals surface area contributed by atoms with Crippen LogP contribution in [0.2, 0.25) is 0 Å². The lowest BCUT2D eigenvalue weighted by Gasteiger charge is -2.17. The van der Waals surface area contributed by atoms with Crippen molar-refractivity contribution in [2.75, 3.05) is 0 Å². The summed E-state index contributed by atoms with van der Waals surface area (Å²) in [5.74, 6) is -1.81. The van der Waals surface area contributed by atoms with E-state index in [2.05, 4.69) is 0 Å². The highest BCUT2D eigenvalue weighted by atomic mass is 16.3. The lowest BCUT2D eigenvalue weighted by Crippen LogP contribution is -2.13. The lowest BCUT2D eigenvalue weighted by molar-refractivity contribution is 0.0995. The van der Waals surface area contributed by atoms with Crippen LogP contribution in [-0.4, -0.2) is 27.6 Å². The third-order valence-corrected chi connectivity index (χ3v) is 3.91. The molecule has 0 spiro atoms. The van der Waals surface area contributed by atoms with E-state index in [0.29, 0.717) is 0 Å². The number of rotatable bonds is 1. The molecule has 2 aromatic rings. The van der Waals surface area contributed by atoms with Crippen LogP contribution in [0.15, 0.2) is 24.3 Å². The van der Waals surface area contributed by atoms with E-state index in [1.165, 1.54) is 26.0 Å². The molecule has 0 aliphatic heterocycles. The van der Waals surface area contributed by atoms with Gasteiger partial charge in [0, 0.05) is 27.5 Å². The Morgan fingerprint density at radius 2 is 1.64 bits per heavy atom. The molecule has 0 aromatic heterocycles. The summed E-state index contributed by atoms with van der Waals surface area (Å²) in [6.07, 6.45) is 2.28. The van der Waals surface area contributed by atoms with Crippen LogP contribution < -0.4 is 0 Å². The first-order chi connectivity index (χ1) is 10.3. The van der Waals surface area contributed by atoms with Gasteiger partial charge in [-0.15, -0.1) is 0 Å². The molecule has 1 aliphatic carbocycles. The summed E-state index contributed by atoms with van der Waals surface area (Å²) in [7, 11) is 0. The summed E-state index contributed by atoms with van der Waals surface area (Å²) in [6, 6.07) is 2.90. The van der Waals surface area contributed by atoms with E-state index < -0.39 is 11.6 Å². The monoisotopic (exact) mass is 296 g/mol. The zero-order chi connectivity index (χ0) is 16.2. The highest BCUT2D eigenvalue weighted by molar-refractivity contribution is 6.28. The van der Waals surface area contributed by atoms with Gasteiger partial charge in [-0.25, -0.2) is 0 Å². The van der Waals surface area contributed by atoms with Gasteiger partial charge in [-0.05, 0) is 38.1 Å². The molecule has 22 heavy (non-hydrogen) atoms. The standard InChI is InChI=1S/C17H12O5/c1-7-13(8(2)18)17(22)15-10(16(7)21)4-3-9-11(19)5-6-12(20)14(9)15/h3-6,21-22H,1-2H3. The van der Waals surface area contributed by atoms with Crippen LogP contribution in [-0.2, 0) is 0 Å². The molecule has 110 valence electrons. The quantitative estimate of drug-likeness (QED) is 0.623. The Labute approximate surface area is 125 Å². The highest BCUT2D eigenvalue weighted by Gasteiger charge is 2.27. The van der Waals surface area contributed by atoms with Crippen molar-refractivity contribution in [1.29, 1.82) is 0 Å². The molecule has 3 rings (SSSR count). The molecule has 0 bridgehead atoms. The number of allylic oxidation sites excluding steroid dienone is 2. The Morgan fingerprint density at radius 3 is 2.27 bits per heavy atom. The van der Waals surface area contributed by atoms with E-state index in [9.17, 15) is 24.6 Å². The van der Waals surface area contributed by atoms with Crippen molar-refractivity contribution in [3.05, 3.63) is 46.5 Å². The molecule has 2 N–H and O–H groups in total. The first-order valence-electron chi connectivity index (χ1n) is 6.63. The Morgan fingerprint density at radius 1 is 1.00 bits per heavy atom. The fourth-order valence-corrected chi connectivity index (χ4v) is 2.89. The van der Waals surface area contributed by atoms with Gasteiger partial charge in [0.25, 0.3) is 0 Å². The number of benzene rings is 2. The number of fused-ring (bicyclic) bond motifs is 3. The molecular formula is C17H12O5. The third kappa shape index (κ3) is 1.69. The minimum absolute atomic E-state index is 0.0142. The molecule has 1 aliphatic rings. The van der Waals surface area contributed by atoms with E-state index in [1.807, 2.05) is 0 Å². The third-order valence-electron chi connectivity index (χ3n) is 3.91. The van der Waals surface area contributed by atoms with E-state index in [0.717, 1.165) is 12.2 Å². The number of hydrogen-bond acceptors (Lipinski definition) is 5. The molecule has 5 nitrogen and oxygen atoms in total. The van der Waals surface area contributed by atoms with Gasteiger partial charge >= 0.3 is 0 Å². The van der Waals surface area contributed by atoms with Crippen molar-refractivity contribution in [3.63, 3.8) is 0 Å². The number of carbonyl (C=O) groups excluding carboxylic acids is 3. The SMILES string of the molecule is CC(=O)c1c(C)c(O)c2ccc3c(c2c1O)C(=O)C=CC3=O. The molecular weight excluding hydrogens is 284 g/mol. The molecule has 0 unspecified atom stereocenters. The zero-order valence-electron chi connectivity index (χ0n) is 11.9. The number of aromatic hydroxyl groups is 2. The van der Waals surface area contributed by atoms with Gasteiger partial charge in [0.15, 0.2) is 17.3 Å². The predicted molar refractivity (Wildman–Crippen MR) is 79.8 cm³/mol. The normalized spacial score (nSPS) is 13.5. The number of Topliss-reactive ketones (excluding diaryl/α,β-unsaturated/α-hetero) is 1. The van der Waals surface area contributed by atoms with Crippen LogP contribution >= 0.6 is 0 Å². The highest BCUT2D eigenvalue weighted by Crippen LogP contribution is 2.42. The molecule has 0 atom stereocenters. The molecule has 0 saturated carbocycles. The van der Waals surface area contributed by atoms with Crippen molar-refractivity contribution < 1.29 is 24.6 Å². The van der Waals surface area contributed by atoms with E-state index in [1.54, 1.807) is 0 Å². The van der Waals surface area contributed by atoms with Crippen LogP contribution in [0.3, 0.4) is 0 Å². The van der Waals surface area contributed by atoms with Crippen LogP contribution in [0.4, 0.5) is 0 Å². The second-order valence-electron chi connectivity index (χ2n) is 5.23. The number of phenols is 2. The van der Waals surface area contributed by atoms with E-state index in [4.69, 9.17) is 0 Å². The molecule has 0 radical (unpaired) electrons. The first-order valence-corrected chi connectivity index (χ1v) is 6.63. The minimum Gasteiger partial charge on any atom is -0.507 e. The fraction of sp³-hybridized carbons (Fsp3) is 0.118.